The normalized spacial score (nSPS) is 11.0. The zero-order valence-corrected chi connectivity index (χ0v) is 46.1. The summed E-state index contributed by atoms with van der Waals surface area (Å²) >= 11 is 0. The molecule has 0 radical (unpaired) electrons. The smallest absolute Gasteiger partial charge is 1.00 e. The molecule has 0 aliphatic heterocycles. The van der Waals surface area contributed by atoms with Gasteiger partial charge in [0.1, 0.15) is 6.29 Å². The molecule has 0 aliphatic rings. The van der Waals surface area contributed by atoms with E-state index in [1.165, 1.54) is 282 Å². The van der Waals surface area contributed by atoms with Crippen LogP contribution in [-0.4, -0.2) is 31.4 Å². The molecule has 0 atom stereocenters. The number of unbranched alkanes of at least 4 members (excludes halogenated alkanes) is 45. The number of esters is 2. The van der Waals surface area contributed by atoms with Crippen LogP contribution in [0, 0.1) is 0 Å². The van der Waals surface area contributed by atoms with Crippen LogP contribution in [0.3, 0.4) is 0 Å². The first-order valence-corrected chi connectivity index (χ1v) is 28.6. The van der Waals surface area contributed by atoms with Crippen molar-refractivity contribution in [2.45, 2.75) is 329 Å². The first kappa shape index (κ1) is 67.6. The van der Waals surface area contributed by atoms with E-state index in [4.69, 9.17) is 9.47 Å². The molecule has 0 saturated heterocycles. The molecule has 0 amide bonds. The Morgan fingerprint density at radius 1 is 0.297 bits per heavy atom. The number of carbonyl (C=O) groups is 3. The molecule has 6 heteroatoms. The van der Waals surface area contributed by atoms with Gasteiger partial charge in [-0.15, -0.1) is 0 Å². The van der Waals surface area contributed by atoms with Gasteiger partial charge in [0.15, 0.2) is 0 Å². The number of aldehydes is 1. The molecule has 0 heterocycles. The number of hydrogen-bond acceptors (Lipinski definition) is 5. The predicted molar refractivity (Wildman–Crippen MR) is 277 cm³/mol. The summed E-state index contributed by atoms with van der Waals surface area (Å²) in [5.74, 6) is -0.907. The SMILES string of the molecule is CCCCCCCCCCCCCCCCCC=O.CCCCCCCCCCCCCCCCCCOC(=O)/C=C/C(=O)OCCCCCCCCCCCCCCCCCC.[H-].[Na+]. The second-order valence-corrected chi connectivity index (χ2v) is 19.2. The molecule has 64 heavy (non-hydrogen) atoms. The molecule has 0 bridgehead atoms. The molecular weight excluding hydrogens is 800 g/mol. The number of ether oxygens (including phenoxy) is 2. The molecular formula is C58H113NaO5. The van der Waals surface area contributed by atoms with E-state index in [0.29, 0.717) is 13.2 Å². The molecule has 0 unspecified atom stereocenters. The zero-order chi connectivity index (χ0) is 46.0. The standard InChI is InChI=1S/C40H76O4.C18H36O.Na.H/c1-3-5-7-9-11-13-15-17-19-21-23-25-27-29-31-33-37-43-39(41)35-36-40(42)44-38-34-32-30-28-26-24-22-20-18-16-14-12-10-8-6-4-2;1-2-3-4-5-6-7-8-9-10-11-12-13-14-15-16-17-18-19;;/h35-36H,3-34,37-38H2,1-2H3;18H,2-17H2,1H3;;/q;;+1;-1/b36-35+;;;. The molecule has 0 aliphatic carbocycles. The van der Waals surface area contributed by atoms with Crippen molar-refractivity contribution >= 4 is 18.2 Å². The van der Waals surface area contributed by atoms with Crippen LogP contribution in [0.2, 0.25) is 0 Å². The summed E-state index contributed by atoms with van der Waals surface area (Å²) in [5.41, 5.74) is 0. The van der Waals surface area contributed by atoms with Crippen molar-refractivity contribution in [1.82, 2.24) is 0 Å². The van der Waals surface area contributed by atoms with Gasteiger partial charge >= 0.3 is 41.5 Å². The van der Waals surface area contributed by atoms with Crippen LogP contribution < -0.4 is 29.6 Å². The van der Waals surface area contributed by atoms with Crippen molar-refractivity contribution in [2.24, 2.45) is 0 Å². The maximum atomic E-state index is 11.8. The average molecular weight is 914 g/mol. The summed E-state index contributed by atoms with van der Waals surface area (Å²) in [5, 5.41) is 0. The Kier molecular flexibility index (Phi) is 68.1. The van der Waals surface area contributed by atoms with Crippen LogP contribution >= 0.6 is 0 Å². The fourth-order valence-corrected chi connectivity index (χ4v) is 8.48. The maximum Gasteiger partial charge on any atom is 1.00 e. The van der Waals surface area contributed by atoms with Crippen molar-refractivity contribution in [3.8, 4) is 0 Å². The maximum absolute atomic E-state index is 11.8. The number of hydrogen-bond donors (Lipinski definition) is 0. The molecule has 0 N–H and O–H groups in total. The molecule has 5 nitrogen and oxygen atoms in total. The summed E-state index contributed by atoms with van der Waals surface area (Å²) in [6.07, 6.45) is 67.3. The van der Waals surface area contributed by atoms with E-state index in [1.807, 2.05) is 0 Å². The monoisotopic (exact) mass is 913 g/mol. The van der Waals surface area contributed by atoms with Gasteiger partial charge in [-0.1, -0.05) is 303 Å². The molecule has 0 aromatic rings. The third-order valence-electron chi connectivity index (χ3n) is 12.8. The van der Waals surface area contributed by atoms with E-state index in [2.05, 4.69) is 20.8 Å². The molecule has 0 rings (SSSR count). The van der Waals surface area contributed by atoms with Gasteiger partial charge in [0.2, 0.25) is 0 Å². The van der Waals surface area contributed by atoms with Gasteiger partial charge in [-0.3, -0.25) is 0 Å². The van der Waals surface area contributed by atoms with E-state index < -0.39 is 11.9 Å². The Hall–Kier alpha value is -0.650. The van der Waals surface area contributed by atoms with Crippen molar-refractivity contribution in [3.05, 3.63) is 12.2 Å². The minimum Gasteiger partial charge on any atom is -1.00 e. The molecule has 0 spiro atoms. The molecule has 0 saturated carbocycles. The van der Waals surface area contributed by atoms with Crippen LogP contribution in [-0.2, 0) is 23.9 Å². The number of carbonyl (C=O) groups excluding carboxylic acids is 3. The van der Waals surface area contributed by atoms with Crippen LogP contribution in [0.5, 0.6) is 0 Å². The zero-order valence-electron chi connectivity index (χ0n) is 45.1. The Morgan fingerprint density at radius 3 is 0.656 bits per heavy atom. The van der Waals surface area contributed by atoms with E-state index in [1.54, 1.807) is 0 Å². The Morgan fingerprint density at radius 2 is 0.469 bits per heavy atom. The Bertz CT molecular complexity index is 863. The fourth-order valence-electron chi connectivity index (χ4n) is 8.48. The molecule has 376 valence electrons. The second-order valence-electron chi connectivity index (χ2n) is 19.2. The van der Waals surface area contributed by atoms with E-state index in [9.17, 15) is 14.4 Å². The molecule has 0 aromatic carbocycles. The predicted octanol–water partition coefficient (Wildman–Crippen LogP) is 16.7. The van der Waals surface area contributed by atoms with Crippen molar-refractivity contribution in [2.75, 3.05) is 13.2 Å². The van der Waals surface area contributed by atoms with Crippen molar-refractivity contribution < 1.29 is 54.8 Å². The van der Waals surface area contributed by atoms with Crippen LogP contribution in [0.1, 0.15) is 330 Å². The first-order valence-electron chi connectivity index (χ1n) is 28.6. The first-order chi connectivity index (χ1) is 31.1. The summed E-state index contributed by atoms with van der Waals surface area (Å²) in [7, 11) is 0. The van der Waals surface area contributed by atoms with Crippen molar-refractivity contribution in [1.29, 1.82) is 0 Å². The van der Waals surface area contributed by atoms with Gasteiger partial charge in [-0.25, -0.2) is 9.59 Å². The van der Waals surface area contributed by atoms with Gasteiger partial charge in [0, 0.05) is 18.6 Å². The van der Waals surface area contributed by atoms with E-state index in [-0.39, 0.29) is 31.0 Å². The Labute approximate surface area is 424 Å². The van der Waals surface area contributed by atoms with Gasteiger partial charge in [-0.05, 0) is 19.3 Å². The van der Waals surface area contributed by atoms with Gasteiger partial charge < -0.3 is 15.7 Å². The van der Waals surface area contributed by atoms with Crippen LogP contribution in [0.25, 0.3) is 0 Å². The molecule has 0 aromatic heterocycles. The van der Waals surface area contributed by atoms with E-state index >= 15 is 0 Å². The summed E-state index contributed by atoms with van der Waals surface area (Å²) in [6.45, 7) is 7.69. The fraction of sp³-hybridized carbons (Fsp3) is 0.914. The van der Waals surface area contributed by atoms with Gasteiger partial charge in [0.25, 0.3) is 0 Å². The van der Waals surface area contributed by atoms with Crippen LogP contribution in [0.15, 0.2) is 12.2 Å². The third-order valence-corrected chi connectivity index (χ3v) is 12.8. The summed E-state index contributed by atoms with van der Waals surface area (Å²) < 4.78 is 10.4. The van der Waals surface area contributed by atoms with Gasteiger partial charge in [-0.2, -0.15) is 0 Å². The summed E-state index contributed by atoms with van der Waals surface area (Å²) in [4.78, 5) is 33.8. The summed E-state index contributed by atoms with van der Waals surface area (Å²) in [6, 6.07) is 0. The minimum absolute atomic E-state index is 0. The average Bonchev–Trinajstić information content (AvgIpc) is 3.29. The largest absolute Gasteiger partial charge is 1.00 e. The molecule has 0 fully saturated rings. The third kappa shape index (κ3) is 65.6. The minimum atomic E-state index is -0.453. The number of rotatable bonds is 52. The van der Waals surface area contributed by atoms with E-state index in [0.717, 1.165) is 44.8 Å². The quantitative estimate of drug-likeness (QED) is 0.0200. The van der Waals surface area contributed by atoms with Crippen molar-refractivity contribution in [3.63, 3.8) is 0 Å². The van der Waals surface area contributed by atoms with Crippen LogP contribution in [0.4, 0.5) is 0 Å². The topological polar surface area (TPSA) is 69.7 Å². The van der Waals surface area contributed by atoms with Gasteiger partial charge in [0.05, 0.1) is 13.2 Å². The Balaban J connectivity index is -0.000000744. The second kappa shape index (κ2) is 64.4.